The quantitative estimate of drug-likeness (QED) is 0.650. The molecule has 15 heavy (non-hydrogen) atoms. The summed E-state index contributed by atoms with van der Waals surface area (Å²) in [5, 5.41) is 2.67. The summed E-state index contributed by atoms with van der Waals surface area (Å²) in [5.74, 6) is 0. The van der Waals surface area contributed by atoms with Gasteiger partial charge in [-0.1, -0.05) is 51.8 Å². The van der Waals surface area contributed by atoms with Crippen LogP contribution in [0.5, 0.6) is 0 Å². The second kappa shape index (κ2) is 3.21. The summed E-state index contributed by atoms with van der Waals surface area (Å²) < 4.78 is 1.21. The summed E-state index contributed by atoms with van der Waals surface area (Å²) in [5.41, 5.74) is 4.30. The van der Waals surface area contributed by atoms with Gasteiger partial charge in [-0.25, -0.2) is 0 Å². The van der Waals surface area contributed by atoms with Crippen LogP contribution in [-0.2, 0) is 6.42 Å². The van der Waals surface area contributed by atoms with E-state index in [4.69, 9.17) is 0 Å². The van der Waals surface area contributed by atoms with Crippen LogP contribution in [0.3, 0.4) is 0 Å². The van der Waals surface area contributed by atoms with Gasteiger partial charge in [0, 0.05) is 4.47 Å². The highest BCUT2D eigenvalue weighted by Gasteiger charge is 2.14. The SMILES string of the molecule is CC1=Cc2c(cc(Br)c3ccccc23)C1. The molecule has 0 radical (unpaired) electrons. The first kappa shape index (κ1) is 9.17. The molecule has 2 aromatic carbocycles. The molecular formula is C14H11Br. The minimum Gasteiger partial charge on any atom is -0.0683 e. The van der Waals surface area contributed by atoms with Crippen LogP contribution in [0.2, 0.25) is 0 Å². The summed E-state index contributed by atoms with van der Waals surface area (Å²) in [6, 6.07) is 10.8. The Balaban J connectivity index is 2.46. The van der Waals surface area contributed by atoms with E-state index in [1.807, 2.05) is 0 Å². The van der Waals surface area contributed by atoms with Gasteiger partial charge >= 0.3 is 0 Å². The molecular weight excluding hydrogens is 248 g/mol. The Morgan fingerprint density at radius 2 is 1.87 bits per heavy atom. The average molecular weight is 259 g/mol. The third-order valence-corrected chi connectivity index (χ3v) is 3.64. The first-order valence-electron chi connectivity index (χ1n) is 5.13. The van der Waals surface area contributed by atoms with Crippen molar-refractivity contribution in [1.29, 1.82) is 0 Å². The number of halogens is 1. The van der Waals surface area contributed by atoms with Crippen LogP contribution in [0.4, 0.5) is 0 Å². The zero-order valence-corrected chi connectivity index (χ0v) is 10.1. The molecule has 0 atom stereocenters. The maximum atomic E-state index is 3.65. The smallest absolute Gasteiger partial charge is 0.0257 e. The molecule has 0 bridgehead atoms. The van der Waals surface area contributed by atoms with E-state index in [0.717, 1.165) is 6.42 Å². The highest BCUT2D eigenvalue weighted by Crippen LogP contribution is 2.35. The third-order valence-electron chi connectivity index (χ3n) is 2.98. The predicted octanol–water partition coefficient (Wildman–Crippen LogP) is 4.56. The van der Waals surface area contributed by atoms with Gasteiger partial charge in [-0.2, -0.15) is 0 Å². The van der Waals surface area contributed by atoms with Crippen molar-refractivity contribution in [3.63, 3.8) is 0 Å². The molecule has 1 heteroatoms. The van der Waals surface area contributed by atoms with Gasteiger partial charge in [0.05, 0.1) is 0 Å². The summed E-state index contributed by atoms with van der Waals surface area (Å²) in [7, 11) is 0. The monoisotopic (exact) mass is 258 g/mol. The van der Waals surface area contributed by atoms with Gasteiger partial charge in [0.25, 0.3) is 0 Å². The van der Waals surface area contributed by atoms with E-state index in [9.17, 15) is 0 Å². The average Bonchev–Trinajstić information content (AvgIpc) is 2.59. The molecule has 0 fully saturated rings. The summed E-state index contributed by atoms with van der Waals surface area (Å²) >= 11 is 3.65. The standard InChI is InChI=1S/C14H11Br/c1-9-6-10-8-14(15)12-5-3-2-4-11(12)13(10)7-9/h2-5,7-8H,6H2,1H3. The van der Waals surface area contributed by atoms with E-state index < -0.39 is 0 Å². The van der Waals surface area contributed by atoms with Crippen molar-refractivity contribution in [1.82, 2.24) is 0 Å². The zero-order chi connectivity index (χ0) is 10.4. The van der Waals surface area contributed by atoms with Crippen LogP contribution in [0, 0.1) is 0 Å². The highest BCUT2D eigenvalue weighted by atomic mass is 79.9. The minimum atomic E-state index is 1.10. The Hall–Kier alpha value is -1.08. The molecule has 0 nitrogen and oxygen atoms in total. The molecule has 2 aromatic rings. The van der Waals surface area contributed by atoms with Crippen LogP contribution in [-0.4, -0.2) is 0 Å². The van der Waals surface area contributed by atoms with Crippen molar-refractivity contribution in [3.05, 3.63) is 51.5 Å². The Morgan fingerprint density at radius 3 is 2.67 bits per heavy atom. The molecule has 0 heterocycles. The first-order chi connectivity index (χ1) is 7.25. The van der Waals surface area contributed by atoms with Gasteiger partial charge in [-0.3, -0.25) is 0 Å². The molecule has 0 unspecified atom stereocenters. The molecule has 3 rings (SSSR count). The van der Waals surface area contributed by atoms with Crippen LogP contribution >= 0.6 is 15.9 Å². The number of rotatable bonds is 0. The lowest BCUT2D eigenvalue weighted by Crippen LogP contribution is -1.86. The summed E-state index contributed by atoms with van der Waals surface area (Å²) in [6.45, 7) is 2.20. The van der Waals surface area contributed by atoms with Gasteiger partial charge in [0.2, 0.25) is 0 Å². The van der Waals surface area contributed by atoms with Crippen LogP contribution in [0.15, 0.2) is 40.4 Å². The lowest BCUT2D eigenvalue weighted by atomic mass is 10.0. The first-order valence-corrected chi connectivity index (χ1v) is 5.92. The lowest BCUT2D eigenvalue weighted by Gasteiger charge is -2.06. The fourth-order valence-electron chi connectivity index (χ4n) is 2.32. The molecule has 74 valence electrons. The normalized spacial score (nSPS) is 14.1. The number of fused-ring (bicyclic) bond motifs is 3. The maximum absolute atomic E-state index is 3.65. The molecule has 0 aromatic heterocycles. The van der Waals surface area contributed by atoms with Crippen molar-refractivity contribution in [2.45, 2.75) is 13.3 Å². The second-order valence-electron chi connectivity index (χ2n) is 4.14. The van der Waals surface area contributed by atoms with Crippen molar-refractivity contribution in [3.8, 4) is 0 Å². The van der Waals surface area contributed by atoms with Crippen molar-refractivity contribution in [2.75, 3.05) is 0 Å². The third kappa shape index (κ3) is 1.34. The van der Waals surface area contributed by atoms with Crippen LogP contribution in [0.25, 0.3) is 16.8 Å². The molecule has 0 saturated heterocycles. The Bertz CT molecular complexity index is 579. The molecule has 0 spiro atoms. The molecule has 0 N–H and O–H groups in total. The highest BCUT2D eigenvalue weighted by molar-refractivity contribution is 9.10. The van der Waals surface area contributed by atoms with Crippen LogP contribution < -0.4 is 0 Å². The fourth-order valence-corrected chi connectivity index (χ4v) is 2.94. The minimum absolute atomic E-state index is 1.10. The topological polar surface area (TPSA) is 0 Å². The number of hydrogen-bond acceptors (Lipinski definition) is 0. The van der Waals surface area contributed by atoms with Crippen molar-refractivity contribution in [2.24, 2.45) is 0 Å². The zero-order valence-electron chi connectivity index (χ0n) is 8.55. The van der Waals surface area contributed by atoms with Crippen LogP contribution in [0.1, 0.15) is 18.1 Å². The molecule has 0 saturated carbocycles. The predicted molar refractivity (Wildman–Crippen MR) is 69.0 cm³/mol. The van der Waals surface area contributed by atoms with E-state index in [1.165, 1.54) is 31.9 Å². The van der Waals surface area contributed by atoms with Gasteiger partial charge in [-0.05, 0) is 41.3 Å². The lowest BCUT2D eigenvalue weighted by molar-refractivity contribution is 1.20. The Labute approximate surface area is 97.7 Å². The number of benzene rings is 2. The van der Waals surface area contributed by atoms with E-state index >= 15 is 0 Å². The number of hydrogen-bond donors (Lipinski definition) is 0. The van der Waals surface area contributed by atoms with E-state index in [2.05, 4.69) is 59.3 Å². The molecule has 1 aliphatic carbocycles. The van der Waals surface area contributed by atoms with Crippen molar-refractivity contribution < 1.29 is 0 Å². The molecule has 0 aliphatic heterocycles. The van der Waals surface area contributed by atoms with Gasteiger partial charge in [0.15, 0.2) is 0 Å². The van der Waals surface area contributed by atoms with Crippen molar-refractivity contribution >= 4 is 32.8 Å². The van der Waals surface area contributed by atoms with Gasteiger partial charge in [-0.15, -0.1) is 0 Å². The number of allylic oxidation sites excluding steroid dienone is 1. The Morgan fingerprint density at radius 1 is 1.13 bits per heavy atom. The van der Waals surface area contributed by atoms with Gasteiger partial charge < -0.3 is 0 Å². The summed E-state index contributed by atoms with van der Waals surface area (Å²) in [6.07, 6.45) is 3.41. The maximum Gasteiger partial charge on any atom is 0.0257 e. The van der Waals surface area contributed by atoms with E-state index in [0.29, 0.717) is 0 Å². The summed E-state index contributed by atoms with van der Waals surface area (Å²) in [4.78, 5) is 0. The molecule has 1 aliphatic rings. The fraction of sp³-hybridized carbons (Fsp3) is 0.143. The Kier molecular flexibility index (Phi) is 1.96. The van der Waals surface area contributed by atoms with E-state index in [-0.39, 0.29) is 0 Å². The second-order valence-corrected chi connectivity index (χ2v) is 5.00. The van der Waals surface area contributed by atoms with Gasteiger partial charge in [0.1, 0.15) is 0 Å². The van der Waals surface area contributed by atoms with E-state index in [1.54, 1.807) is 0 Å². The largest absolute Gasteiger partial charge is 0.0683 e. The molecule has 0 amide bonds.